The molecule has 0 radical (unpaired) electrons. The van der Waals surface area contributed by atoms with Crippen LogP contribution in [0.5, 0.6) is 0 Å². The highest BCUT2D eigenvalue weighted by Gasteiger charge is 2.56. The Morgan fingerprint density at radius 3 is 2.49 bits per heavy atom. The number of esters is 1. The van der Waals surface area contributed by atoms with Crippen molar-refractivity contribution < 1.29 is 43.8 Å². The van der Waals surface area contributed by atoms with Crippen molar-refractivity contribution in [1.29, 1.82) is 0 Å². The normalized spacial score (nSPS) is 38.5. The average molecular weight is 607 g/mol. The van der Waals surface area contributed by atoms with Gasteiger partial charge in [-0.05, 0) is 65.0 Å². The molecule has 1 fully saturated rings. The topological polar surface area (TPSA) is 124 Å². The number of allylic oxidation sites excluding steroid dienone is 7. The zero-order valence-electron chi connectivity index (χ0n) is 27.4. The smallest absolute Gasteiger partial charge is 0.314 e. The van der Waals surface area contributed by atoms with Crippen molar-refractivity contribution in [1.82, 2.24) is 0 Å². The fourth-order valence-electron chi connectivity index (χ4n) is 5.39. The number of carbonyl (C=O) groups excluding carboxylic acids is 1. The van der Waals surface area contributed by atoms with E-state index < -0.39 is 54.3 Å². The first-order valence-corrected chi connectivity index (χ1v) is 15.2. The largest absolute Gasteiger partial charge is 0.499 e. The third kappa shape index (κ3) is 10.4. The van der Waals surface area contributed by atoms with E-state index in [2.05, 4.69) is 18.2 Å². The van der Waals surface area contributed by atoms with Gasteiger partial charge < -0.3 is 39.0 Å². The van der Waals surface area contributed by atoms with E-state index in [9.17, 15) is 20.1 Å². The molecule has 0 aromatic rings. The first-order valence-electron chi connectivity index (χ1n) is 15.2. The molecule has 0 aromatic heterocycles. The fraction of sp³-hybridized carbons (Fsp3) is 0.676. The Bertz CT molecular complexity index is 1040. The van der Waals surface area contributed by atoms with Crippen molar-refractivity contribution in [3.8, 4) is 0 Å². The third-order valence-corrected chi connectivity index (χ3v) is 8.34. The van der Waals surface area contributed by atoms with Gasteiger partial charge in [0, 0.05) is 26.6 Å². The van der Waals surface area contributed by atoms with E-state index in [-0.39, 0.29) is 18.3 Å². The number of aliphatic hydroxyl groups is 3. The number of aliphatic hydroxyl groups excluding tert-OH is 2. The van der Waals surface area contributed by atoms with Crippen LogP contribution in [0.3, 0.4) is 0 Å². The van der Waals surface area contributed by atoms with Crippen molar-refractivity contribution >= 4 is 5.97 Å². The monoisotopic (exact) mass is 606 g/mol. The lowest BCUT2D eigenvalue weighted by Gasteiger charge is -2.47. The number of rotatable bonds is 7. The van der Waals surface area contributed by atoms with Crippen molar-refractivity contribution in [2.75, 3.05) is 21.3 Å². The van der Waals surface area contributed by atoms with Gasteiger partial charge in [0.1, 0.15) is 30.0 Å². The minimum atomic E-state index is -2.21. The summed E-state index contributed by atoms with van der Waals surface area (Å²) >= 11 is 0. The Labute approximate surface area is 257 Å². The number of fused-ring (bicyclic) bond motifs is 2. The quantitative estimate of drug-likeness (QED) is 0.278. The number of hydrogen-bond acceptors (Lipinski definition) is 9. The predicted molar refractivity (Wildman–Crippen MR) is 166 cm³/mol. The first-order chi connectivity index (χ1) is 20.3. The minimum absolute atomic E-state index is 0.0611. The van der Waals surface area contributed by atoms with Gasteiger partial charge in [0.15, 0.2) is 0 Å². The van der Waals surface area contributed by atoms with Gasteiger partial charge in [-0.25, -0.2) is 0 Å². The molecule has 9 nitrogen and oxygen atoms in total. The van der Waals surface area contributed by atoms with Gasteiger partial charge in [0.05, 0.1) is 25.4 Å². The molecule has 0 spiro atoms. The third-order valence-electron chi connectivity index (χ3n) is 8.34. The van der Waals surface area contributed by atoms with Gasteiger partial charge in [-0.15, -0.1) is 0 Å². The highest BCUT2D eigenvalue weighted by Crippen LogP contribution is 2.39. The van der Waals surface area contributed by atoms with Gasteiger partial charge in [-0.1, -0.05) is 55.4 Å². The molecule has 0 amide bonds. The Morgan fingerprint density at radius 1 is 1.19 bits per heavy atom. The molecule has 43 heavy (non-hydrogen) atoms. The molecule has 244 valence electrons. The van der Waals surface area contributed by atoms with E-state index in [1.54, 1.807) is 20.1 Å². The molecular weight excluding hydrogens is 552 g/mol. The standard InChI is InChI=1S/C34H54O9/c1-21-12-10-14-22(2)19-30(40-8)31-20-27(36)32(41-9)34(38,43-31)25(5)33(37)42-29(28(39-7)15-11-13-21)17-16-23(3)18-24(4)26(6)35/h10,12-13,16-19,22,24-29,31-32,35-36,38H,11,14-15,20H2,1-9H3/b12-10-,17-16+,21-13-,23-18+,30-19+/t22-,24+,25+,26-,27-,28+,29-,31-,32+,34-/m0/s1. The summed E-state index contributed by atoms with van der Waals surface area (Å²) in [6, 6.07) is 0. The molecule has 0 aromatic carbocycles. The summed E-state index contributed by atoms with van der Waals surface area (Å²) in [7, 11) is 4.44. The van der Waals surface area contributed by atoms with Crippen molar-refractivity contribution in [3.63, 3.8) is 0 Å². The molecule has 0 saturated carbocycles. The summed E-state index contributed by atoms with van der Waals surface area (Å²) in [6.45, 7) is 11.1. The SMILES string of the molecule is CO/C1=C/[C@@H](C)C/C=C\C(C)=C/CC[C@@H](OC)[C@H](/C=C/C(C)=C/[C@@H](C)[C@H](C)O)OC(=O)[C@@H](C)[C@]2(O)O[C@H]1C[C@H](O)[C@H]2OC. The zero-order valence-corrected chi connectivity index (χ0v) is 27.4. The molecule has 0 aliphatic carbocycles. The second-order valence-corrected chi connectivity index (χ2v) is 12.0. The maximum absolute atomic E-state index is 13.7. The van der Waals surface area contributed by atoms with Crippen LogP contribution in [0.25, 0.3) is 0 Å². The molecular formula is C34H54O9. The highest BCUT2D eigenvalue weighted by molar-refractivity contribution is 5.74. The predicted octanol–water partition coefficient (Wildman–Crippen LogP) is 4.77. The highest BCUT2D eigenvalue weighted by atomic mass is 16.7. The van der Waals surface area contributed by atoms with Crippen LogP contribution in [0.1, 0.15) is 67.2 Å². The molecule has 3 N–H and O–H groups in total. The van der Waals surface area contributed by atoms with Crippen LogP contribution in [-0.2, 0) is 28.5 Å². The zero-order chi connectivity index (χ0) is 32.3. The Hall–Kier alpha value is -2.27. The van der Waals surface area contributed by atoms with Crippen LogP contribution in [0.2, 0.25) is 0 Å². The van der Waals surface area contributed by atoms with Crippen molar-refractivity contribution in [3.05, 3.63) is 59.4 Å². The second-order valence-electron chi connectivity index (χ2n) is 12.0. The van der Waals surface area contributed by atoms with Crippen molar-refractivity contribution in [2.45, 2.75) is 110 Å². The lowest BCUT2D eigenvalue weighted by Crippen LogP contribution is -2.63. The van der Waals surface area contributed by atoms with Crippen LogP contribution >= 0.6 is 0 Å². The first kappa shape index (κ1) is 36.9. The fourth-order valence-corrected chi connectivity index (χ4v) is 5.39. The molecule has 2 aliphatic rings. The van der Waals surface area contributed by atoms with Crippen LogP contribution in [0.4, 0.5) is 0 Å². The van der Waals surface area contributed by atoms with Gasteiger partial charge in [0.25, 0.3) is 0 Å². The molecule has 2 heterocycles. The van der Waals surface area contributed by atoms with Crippen LogP contribution in [-0.4, -0.2) is 85.0 Å². The summed E-state index contributed by atoms with van der Waals surface area (Å²) in [5.74, 6) is -3.71. The lowest BCUT2D eigenvalue weighted by molar-refractivity contribution is -0.341. The van der Waals surface area contributed by atoms with Gasteiger partial charge in [0.2, 0.25) is 5.79 Å². The van der Waals surface area contributed by atoms with E-state index in [0.717, 1.165) is 17.6 Å². The maximum Gasteiger partial charge on any atom is 0.314 e. The average Bonchev–Trinajstić information content (AvgIpc) is 2.95. The summed E-state index contributed by atoms with van der Waals surface area (Å²) < 4.78 is 29.1. The summed E-state index contributed by atoms with van der Waals surface area (Å²) in [5, 5.41) is 32.8. The van der Waals surface area contributed by atoms with E-state index in [1.807, 2.05) is 45.9 Å². The maximum atomic E-state index is 13.7. The summed E-state index contributed by atoms with van der Waals surface area (Å²) in [6.07, 6.45) is 10.9. The molecule has 9 heteroatoms. The Morgan fingerprint density at radius 2 is 1.88 bits per heavy atom. The lowest BCUT2D eigenvalue weighted by atomic mass is 9.85. The number of cyclic esters (lactones) is 1. The van der Waals surface area contributed by atoms with Gasteiger partial charge in [-0.3, -0.25) is 4.79 Å². The van der Waals surface area contributed by atoms with Crippen LogP contribution in [0, 0.1) is 17.8 Å². The van der Waals surface area contributed by atoms with E-state index >= 15 is 0 Å². The van der Waals surface area contributed by atoms with E-state index in [0.29, 0.717) is 18.6 Å². The van der Waals surface area contributed by atoms with Gasteiger partial charge in [-0.2, -0.15) is 0 Å². The van der Waals surface area contributed by atoms with Gasteiger partial charge >= 0.3 is 5.97 Å². The summed E-state index contributed by atoms with van der Waals surface area (Å²) in [4.78, 5) is 13.7. The number of carbonyl (C=O) groups is 1. The summed E-state index contributed by atoms with van der Waals surface area (Å²) in [5.41, 5.74) is 2.00. The Balaban J connectivity index is 2.56. The van der Waals surface area contributed by atoms with Crippen LogP contribution < -0.4 is 0 Å². The number of methoxy groups -OCH3 is 3. The van der Waals surface area contributed by atoms with E-state index in [1.165, 1.54) is 21.1 Å². The molecule has 2 rings (SSSR count). The number of hydrogen-bond donors (Lipinski definition) is 3. The molecule has 2 bridgehead atoms. The van der Waals surface area contributed by atoms with Crippen LogP contribution in [0.15, 0.2) is 59.4 Å². The molecule has 2 aliphatic heterocycles. The number of ether oxygens (including phenoxy) is 5. The molecule has 10 atom stereocenters. The van der Waals surface area contributed by atoms with E-state index in [4.69, 9.17) is 23.7 Å². The Kier molecular flexibility index (Phi) is 14.8. The van der Waals surface area contributed by atoms with Crippen molar-refractivity contribution in [2.24, 2.45) is 17.8 Å². The minimum Gasteiger partial charge on any atom is -0.499 e. The molecule has 1 saturated heterocycles. The molecule has 0 unspecified atom stereocenters. The second kappa shape index (κ2) is 17.3.